The fourth-order valence-corrected chi connectivity index (χ4v) is 4.97. The molecular formula is C22H20FN3OS. The number of carbonyl (C=O) groups is 1. The van der Waals surface area contributed by atoms with Gasteiger partial charge in [-0.2, -0.15) is 5.26 Å². The van der Waals surface area contributed by atoms with Crippen LogP contribution in [0, 0.1) is 17.1 Å². The minimum Gasteiger partial charge on any atom is -0.343 e. The monoisotopic (exact) mass is 393 g/mol. The highest BCUT2D eigenvalue weighted by atomic mass is 32.2. The third-order valence-electron chi connectivity index (χ3n) is 5.28. The number of anilines is 1. The van der Waals surface area contributed by atoms with Crippen molar-refractivity contribution in [3.8, 4) is 6.07 Å². The van der Waals surface area contributed by atoms with Crippen LogP contribution >= 0.6 is 11.8 Å². The lowest BCUT2D eigenvalue weighted by molar-refractivity contribution is -0.129. The Morgan fingerprint density at radius 2 is 1.96 bits per heavy atom. The van der Waals surface area contributed by atoms with Crippen molar-refractivity contribution in [1.29, 1.82) is 5.26 Å². The quantitative estimate of drug-likeness (QED) is 0.764. The molecule has 6 heteroatoms. The number of hydrogen-bond donors (Lipinski definition) is 0. The first-order valence-corrected chi connectivity index (χ1v) is 10.3. The zero-order chi connectivity index (χ0) is 19.7. The van der Waals surface area contributed by atoms with Gasteiger partial charge in [0.25, 0.3) is 0 Å². The van der Waals surface area contributed by atoms with Crippen molar-refractivity contribution < 1.29 is 9.18 Å². The van der Waals surface area contributed by atoms with E-state index in [9.17, 15) is 14.4 Å². The van der Waals surface area contributed by atoms with Crippen LogP contribution in [-0.2, 0) is 11.2 Å². The first kappa shape index (κ1) is 18.6. The van der Waals surface area contributed by atoms with Crippen LogP contribution in [0.5, 0.6) is 0 Å². The largest absolute Gasteiger partial charge is 0.343 e. The number of rotatable bonds is 3. The standard InChI is InChI=1S/C22H20FN3OS/c1-2-15-5-3-4-6-20(15)25-13-26-21(27)11-18(16-7-9-17(23)10-8-16)19(12-24)22(26)28-14-25/h3-10,18H,2,11,13-14H2,1H3/t18-/m1/s1. The van der Waals surface area contributed by atoms with E-state index in [2.05, 4.69) is 30.0 Å². The molecular weight excluding hydrogens is 373 g/mol. The molecule has 0 aliphatic carbocycles. The fourth-order valence-electron chi connectivity index (χ4n) is 3.81. The summed E-state index contributed by atoms with van der Waals surface area (Å²) in [5.74, 6) is 0.0361. The summed E-state index contributed by atoms with van der Waals surface area (Å²) in [5, 5.41) is 10.6. The van der Waals surface area contributed by atoms with Crippen LogP contribution in [0.1, 0.15) is 30.4 Å². The van der Waals surface area contributed by atoms with Crippen molar-refractivity contribution in [1.82, 2.24) is 4.90 Å². The molecule has 4 rings (SSSR count). The molecule has 2 aliphatic rings. The molecule has 0 radical (unpaired) electrons. The van der Waals surface area contributed by atoms with E-state index in [0.29, 0.717) is 18.1 Å². The minimum atomic E-state index is -0.323. The Kier molecular flexibility index (Phi) is 5.10. The van der Waals surface area contributed by atoms with Crippen molar-refractivity contribution in [3.05, 3.63) is 76.1 Å². The van der Waals surface area contributed by atoms with Gasteiger partial charge in [0.15, 0.2) is 0 Å². The van der Waals surface area contributed by atoms with E-state index < -0.39 is 0 Å². The third kappa shape index (κ3) is 3.27. The number of nitriles is 1. The molecule has 2 aromatic carbocycles. The maximum Gasteiger partial charge on any atom is 0.229 e. The van der Waals surface area contributed by atoms with E-state index in [1.165, 1.54) is 29.5 Å². The van der Waals surface area contributed by atoms with Crippen LogP contribution in [0.2, 0.25) is 0 Å². The van der Waals surface area contributed by atoms with E-state index in [-0.39, 0.29) is 24.1 Å². The van der Waals surface area contributed by atoms with Crippen LogP contribution in [-0.4, -0.2) is 23.4 Å². The van der Waals surface area contributed by atoms with E-state index in [0.717, 1.165) is 22.7 Å². The zero-order valence-electron chi connectivity index (χ0n) is 15.6. The number of thioether (sulfide) groups is 1. The molecule has 2 aromatic rings. The van der Waals surface area contributed by atoms with Gasteiger partial charge in [0.1, 0.15) is 5.82 Å². The highest BCUT2D eigenvalue weighted by Gasteiger charge is 2.38. The number of fused-ring (bicyclic) bond motifs is 1. The number of hydrogen-bond acceptors (Lipinski definition) is 4. The topological polar surface area (TPSA) is 47.3 Å². The van der Waals surface area contributed by atoms with Gasteiger partial charge in [-0.3, -0.25) is 9.69 Å². The first-order valence-electron chi connectivity index (χ1n) is 9.28. The molecule has 1 fully saturated rings. The molecule has 2 aliphatic heterocycles. The molecule has 28 heavy (non-hydrogen) atoms. The minimum absolute atomic E-state index is 0.00509. The van der Waals surface area contributed by atoms with Crippen LogP contribution in [0.15, 0.2) is 59.1 Å². The molecule has 142 valence electrons. The van der Waals surface area contributed by atoms with Crippen LogP contribution < -0.4 is 4.90 Å². The number of benzene rings is 2. The van der Waals surface area contributed by atoms with Crippen molar-refractivity contribution in [2.75, 3.05) is 17.4 Å². The molecule has 0 aromatic heterocycles. The second kappa shape index (κ2) is 7.69. The van der Waals surface area contributed by atoms with Gasteiger partial charge >= 0.3 is 0 Å². The Labute approximate surface area is 168 Å². The van der Waals surface area contributed by atoms with Gasteiger partial charge in [-0.15, -0.1) is 0 Å². The lowest BCUT2D eigenvalue weighted by atomic mass is 9.86. The number of nitrogens with zero attached hydrogens (tertiary/aromatic N) is 3. The Morgan fingerprint density at radius 3 is 2.68 bits per heavy atom. The normalized spacial score (nSPS) is 19.5. The molecule has 0 unspecified atom stereocenters. The van der Waals surface area contributed by atoms with E-state index >= 15 is 0 Å². The zero-order valence-corrected chi connectivity index (χ0v) is 16.4. The predicted octanol–water partition coefficient (Wildman–Crippen LogP) is 4.61. The molecule has 2 heterocycles. The molecule has 0 spiro atoms. The summed E-state index contributed by atoms with van der Waals surface area (Å²) >= 11 is 1.52. The number of aryl methyl sites for hydroxylation is 1. The Hall–Kier alpha value is -2.78. The maximum absolute atomic E-state index is 13.3. The molecule has 0 saturated carbocycles. The van der Waals surface area contributed by atoms with Gasteiger partial charge in [0, 0.05) is 18.0 Å². The summed E-state index contributed by atoms with van der Waals surface area (Å²) < 4.78 is 13.3. The van der Waals surface area contributed by atoms with Crippen molar-refractivity contribution in [2.24, 2.45) is 0 Å². The summed E-state index contributed by atoms with van der Waals surface area (Å²) in [7, 11) is 0. The lowest BCUT2D eigenvalue weighted by Crippen LogP contribution is -2.47. The van der Waals surface area contributed by atoms with Crippen molar-refractivity contribution in [3.63, 3.8) is 0 Å². The second-order valence-electron chi connectivity index (χ2n) is 6.90. The smallest absolute Gasteiger partial charge is 0.229 e. The number of halogens is 1. The van der Waals surface area contributed by atoms with Crippen LogP contribution in [0.4, 0.5) is 10.1 Å². The summed E-state index contributed by atoms with van der Waals surface area (Å²) in [6.07, 6.45) is 1.14. The number of allylic oxidation sites excluding steroid dienone is 1. The highest BCUT2D eigenvalue weighted by Crippen LogP contribution is 2.43. The molecule has 0 N–H and O–H groups in total. The number of carbonyl (C=O) groups excluding carboxylic acids is 1. The van der Waals surface area contributed by atoms with Crippen molar-refractivity contribution in [2.45, 2.75) is 25.7 Å². The van der Waals surface area contributed by atoms with Gasteiger partial charge < -0.3 is 4.90 Å². The van der Waals surface area contributed by atoms with Gasteiger partial charge in [0.2, 0.25) is 5.91 Å². The van der Waals surface area contributed by atoms with Gasteiger partial charge in [-0.25, -0.2) is 4.39 Å². The van der Waals surface area contributed by atoms with Gasteiger partial charge in [0.05, 0.1) is 29.2 Å². The van der Waals surface area contributed by atoms with E-state index in [4.69, 9.17) is 0 Å². The van der Waals surface area contributed by atoms with E-state index in [1.807, 2.05) is 12.1 Å². The summed E-state index contributed by atoms with van der Waals surface area (Å²) in [6.45, 7) is 2.56. The number of para-hydroxylation sites is 1. The lowest BCUT2D eigenvalue weighted by Gasteiger charge is -2.42. The molecule has 1 atom stereocenters. The molecule has 1 saturated heterocycles. The third-order valence-corrected chi connectivity index (χ3v) is 6.43. The van der Waals surface area contributed by atoms with Gasteiger partial charge in [-0.1, -0.05) is 49.0 Å². The van der Waals surface area contributed by atoms with Gasteiger partial charge in [-0.05, 0) is 35.7 Å². The Balaban J connectivity index is 1.67. The summed E-state index contributed by atoms with van der Waals surface area (Å²) in [6, 6.07) is 16.6. The maximum atomic E-state index is 13.3. The summed E-state index contributed by atoms with van der Waals surface area (Å²) in [5.41, 5.74) is 3.77. The van der Waals surface area contributed by atoms with Crippen LogP contribution in [0.3, 0.4) is 0 Å². The SMILES string of the molecule is CCc1ccccc1N1CSC2=C(C#N)[C@@H](c3ccc(F)cc3)CC(=O)N2C1. The van der Waals surface area contributed by atoms with E-state index in [1.54, 1.807) is 17.0 Å². The Bertz CT molecular complexity index is 980. The molecule has 0 bridgehead atoms. The summed E-state index contributed by atoms with van der Waals surface area (Å²) in [4.78, 5) is 16.8. The molecule has 1 amide bonds. The Morgan fingerprint density at radius 1 is 1.21 bits per heavy atom. The number of amides is 1. The fraction of sp³-hybridized carbons (Fsp3) is 0.273. The first-order chi connectivity index (χ1) is 13.6. The second-order valence-corrected chi connectivity index (χ2v) is 7.83. The average molecular weight is 393 g/mol. The predicted molar refractivity (Wildman–Crippen MR) is 109 cm³/mol. The van der Waals surface area contributed by atoms with Crippen molar-refractivity contribution >= 4 is 23.4 Å². The van der Waals surface area contributed by atoms with Crippen LogP contribution in [0.25, 0.3) is 0 Å². The highest BCUT2D eigenvalue weighted by molar-refractivity contribution is 8.03. The average Bonchev–Trinajstić information content (AvgIpc) is 2.74. The molecule has 4 nitrogen and oxygen atoms in total.